The molecule has 0 N–H and O–H groups in total. The predicted octanol–water partition coefficient (Wildman–Crippen LogP) is 5.75. The van der Waals surface area contributed by atoms with E-state index in [1.165, 1.54) is 11.9 Å². The molecule has 0 bridgehead atoms. The number of ether oxygens (including phenoxy) is 2. The molecule has 7 nitrogen and oxygen atoms in total. The van der Waals surface area contributed by atoms with Gasteiger partial charge in [-0.3, -0.25) is 4.79 Å². The Hall–Kier alpha value is -3.48. The molecule has 0 spiro atoms. The minimum absolute atomic E-state index is 0.102. The van der Waals surface area contributed by atoms with E-state index in [1.807, 2.05) is 19.1 Å². The van der Waals surface area contributed by atoms with Gasteiger partial charge in [-0.15, -0.1) is 0 Å². The third-order valence-electron chi connectivity index (χ3n) is 6.27. The number of benzene rings is 1. The van der Waals surface area contributed by atoms with Crippen molar-refractivity contribution in [3.63, 3.8) is 0 Å². The van der Waals surface area contributed by atoms with Gasteiger partial charge in [0.15, 0.2) is 0 Å². The largest absolute Gasteiger partial charge is 0.497 e. The number of rotatable bonds is 15. The molecule has 1 unspecified atom stereocenters. The van der Waals surface area contributed by atoms with Crippen LogP contribution in [-0.2, 0) is 22.5 Å². The number of pyridine rings is 1. The van der Waals surface area contributed by atoms with Crippen molar-refractivity contribution < 1.29 is 14.3 Å². The van der Waals surface area contributed by atoms with Crippen LogP contribution in [0.15, 0.2) is 61.2 Å². The summed E-state index contributed by atoms with van der Waals surface area (Å²) in [6, 6.07) is 14.4. The van der Waals surface area contributed by atoms with Gasteiger partial charge in [-0.1, -0.05) is 37.5 Å². The van der Waals surface area contributed by atoms with Gasteiger partial charge in [0, 0.05) is 31.7 Å². The summed E-state index contributed by atoms with van der Waals surface area (Å²) >= 11 is 0. The normalized spacial score (nSPS) is 11.6. The molecular formula is C29H38N4O3. The second-order valence-corrected chi connectivity index (χ2v) is 9.02. The summed E-state index contributed by atoms with van der Waals surface area (Å²) in [5.41, 5.74) is 3.34. The van der Waals surface area contributed by atoms with Gasteiger partial charge in [-0.2, -0.15) is 0 Å². The van der Waals surface area contributed by atoms with Crippen LogP contribution in [0.4, 0.5) is 5.82 Å². The first kappa shape index (κ1) is 27.1. The summed E-state index contributed by atoms with van der Waals surface area (Å²) in [7, 11) is 3.75. The quantitative estimate of drug-likeness (QED) is 0.198. The molecule has 0 fully saturated rings. The van der Waals surface area contributed by atoms with E-state index >= 15 is 0 Å². The first-order chi connectivity index (χ1) is 17.6. The van der Waals surface area contributed by atoms with Gasteiger partial charge in [0.1, 0.15) is 17.9 Å². The highest BCUT2D eigenvalue weighted by atomic mass is 16.5. The number of anilines is 1. The summed E-state index contributed by atoms with van der Waals surface area (Å²) in [4.78, 5) is 27.3. The van der Waals surface area contributed by atoms with Gasteiger partial charge in [-0.25, -0.2) is 15.0 Å². The molecule has 2 aromatic heterocycles. The molecule has 3 rings (SSSR count). The molecule has 0 radical (unpaired) electrons. The van der Waals surface area contributed by atoms with Crippen LogP contribution in [0.3, 0.4) is 0 Å². The molecule has 3 aromatic rings. The molecule has 1 atom stereocenters. The van der Waals surface area contributed by atoms with Crippen molar-refractivity contribution in [2.45, 2.75) is 64.3 Å². The molecule has 36 heavy (non-hydrogen) atoms. The lowest BCUT2D eigenvalue weighted by atomic mass is 9.92. The van der Waals surface area contributed by atoms with Crippen LogP contribution in [0, 0.1) is 0 Å². The highest BCUT2D eigenvalue weighted by molar-refractivity contribution is 5.70. The number of esters is 1. The number of methoxy groups -OCH3 is 1. The first-order valence-electron chi connectivity index (χ1n) is 12.8. The Kier molecular flexibility index (Phi) is 11.2. The second kappa shape index (κ2) is 14.8. The first-order valence-corrected chi connectivity index (χ1v) is 12.8. The molecule has 0 aliphatic heterocycles. The van der Waals surface area contributed by atoms with Crippen LogP contribution >= 0.6 is 0 Å². The van der Waals surface area contributed by atoms with E-state index < -0.39 is 0 Å². The third kappa shape index (κ3) is 8.95. The molecule has 2 heterocycles. The minimum atomic E-state index is -0.158. The Morgan fingerprint density at radius 2 is 1.75 bits per heavy atom. The summed E-state index contributed by atoms with van der Waals surface area (Å²) in [6.45, 7) is 3.03. The Morgan fingerprint density at radius 1 is 1.00 bits per heavy atom. The van der Waals surface area contributed by atoms with Crippen LogP contribution in [0.5, 0.6) is 5.75 Å². The molecule has 0 saturated carbocycles. The van der Waals surface area contributed by atoms with Crippen molar-refractivity contribution in [2.24, 2.45) is 0 Å². The van der Waals surface area contributed by atoms with E-state index in [-0.39, 0.29) is 11.9 Å². The van der Waals surface area contributed by atoms with E-state index in [9.17, 15) is 4.79 Å². The van der Waals surface area contributed by atoms with Crippen LogP contribution in [0.1, 0.15) is 68.2 Å². The molecule has 1 aromatic carbocycles. The summed E-state index contributed by atoms with van der Waals surface area (Å²) < 4.78 is 10.4. The van der Waals surface area contributed by atoms with E-state index in [0.717, 1.165) is 67.9 Å². The van der Waals surface area contributed by atoms with Crippen molar-refractivity contribution in [3.05, 3.63) is 78.0 Å². The van der Waals surface area contributed by atoms with Gasteiger partial charge >= 0.3 is 5.97 Å². The standard InChI is InChI=1S/C29H38N4O3/c1-4-36-29(34)18-24(25-19-30-22-31-20-25)10-7-5-6-8-11-26-12-9-13-28(32-26)33(2)21-23-14-16-27(35-3)17-15-23/h9,12-17,19-20,22,24H,4-8,10-11,18,21H2,1-3H3. The fraction of sp³-hybridized carbons (Fsp3) is 0.448. The molecule has 192 valence electrons. The van der Waals surface area contributed by atoms with Crippen molar-refractivity contribution in [3.8, 4) is 5.75 Å². The fourth-order valence-corrected chi connectivity index (χ4v) is 4.28. The van der Waals surface area contributed by atoms with Crippen LogP contribution in [0.2, 0.25) is 0 Å². The Bertz CT molecular complexity index is 1040. The molecule has 0 aliphatic carbocycles. The fourth-order valence-electron chi connectivity index (χ4n) is 4.28. The maximum atomic E-state index is 12.0. The van der Waals surface area contributed by atoms with E-state index in [0.29, 0.717) is 13.0 Å². The minimum Gasteiger partial charge on any atom is -0.497 e. The zero-order valence-corrected chi connectivity index (χ0v) is 21.7. The van der Waals surface area contributed by atoms with Crippen molar-refractivity contribution >= 4 is 11.8 Å². The SMILES string of the molecule is CCOC(=O)CC(CCCCCCc1cccc(N(C)Cc2ccc(OC)cc2)n1)c1cncnc1. The molecular weight excluding hydrogens is 452 g/mol. The Labute approximate surface area is 214 Å². The van der Waals surface area contributed by atoms with Crippen molar-refractivity contribution in [1.82, 2.24) is 15.0 Å². The molecule has 0 aliphatic rings. The number of nitrogens with zero attached hydrogens (tertiary/aromatic N) is 4. The highest BCUT2D eigenvalue weighted by Crippen LogP contribution is 2.26. The highest BCUT2D eigenvalue weighted by Gasteiger charge is 2.17. The van der Waals surface area contributed by atoms with E-state index in [4.69, 9.17) is 14.5 Å². The van der Waals surface area contributed by atoms with E-state index in [2.05, 4.69) is 52.2 Å². The third-order valence-corrected chi connectivity index (χ3v) is 6.27. The average Bonchev–Trinajstić information content (AvgIpc) is 2.91. The van der Waals surface area contributed by atoms with Crippen molar-refractivity contribution in [1.29, 1.82) is 0 Å². The smallest absolute Gasteiger partial charge is 0.306 e. The molecule has 7 heteroatoms. The topological polar surface area (TPSA) is 77.4 Å². The lowest BCUT2D eigenvalue weighted by Gasteiger charge is -2.19. The zero-order chi connectivity index (χ0) is 25.6. The van der Waals surface area contributed by atoms with Crippen molar-refractivity contribution in [2.75, 3.05) is 25.7 Å². The zero-order valence-electron chi connectivity index (χ0n) is 21.7. The maximum absolute atomic E-state index is 12.0. The van der Waals surface area contributed by atoms with Crippen LogP contribution < -0.4 is 9.64 Å². The summed E-state index contributed by atoms with van der Waals surface area (Å²) in [6.07, 6.45) is 11.8. The number of carbonyl (C=O) groups is 1. The second-order valence-electron chi connectivity index (χ2n) is 9.02. The summed E-state index contributed by atoms with van der Waals surface area (Å²) in [5, 5.41) is 0. The van der Waals surface area contributed by atoms with E-state index in [1.54, 1.807) is 19.5 Å². The predicted molar refractivity (Wildman–Crippen MR) is 142 cm³/mol. The maximum Gasteiger partial charge on any atom is 0.306 e. The number of unbranched alkanes of at least 4 members (excludes halogenated alkanes) is 3. The molecule has 0 saturated heterocycles. The lowest BCUT2D eigenvalue weighted by Crippen LogP contribution is -2.18. The van der Waals surface area contributed by atoms with Gasteiger partial charge < -0.3 is 14.4 Å². The van der Waals surface area contributed by atoms with Crippen LogP contribution in [0.25, 0.3) is 0 Å². The van der Waals surface area contributed by atoms with Crippen LogP contribution in [-0.4, -0.2) is 41.7 Å². The average molecular weight is 491 g/mol. The number of aryl methyl sites for hydroxylation is 1. The Balaban J connectivity index is 1.42. The molecule has 0 amide bonds. The van der Waals surface area contributed by atoms with Gasteiger partial charge in [0.05, 0.1) is 20.1 Å². The lowest BCUT2D eigenvalue weighted by molar-refractivity contribution is -0.143. The number of carbonyl (C=O) groups excluding carboxylic acids is 1. The Morgan fingerprint density at radius 3 is 2.47 bits per heavy atom. The van der Waals surface area contributed by atoms with Gasteiger partial charge in [-0.05, 0) is 67.5 Å². The van der Waals surface area contributed by atoms with Gasteiger partial charge in [0.2, 0.25) is 0 Å². The van der Waals surface area contributed by atoms with Gasteiger partial charge in [0.25, 0.3) is 0 Å². The number of hydrogen-bond acceptors (Lipinski definition) is 7. The number of aromatic nitrogens is 3. The monoisotopic (exact) mass is 490 g/mol. The number of hydrogen-bond donors (Lipinski definition) is 0. The summed E-state index contributed by atoms with van der Waals surface area (Å²) in [5.74, 6) is 1.79.